The van der Waals surface area contributed by atoms with Gasteiger partial charge in [-0.3, -0.25) is 4.79 Å². The zero-order chi connectivity index (χ0) is 16.3. The fourth-order valence-corrected chi connectivity index (χ4v) is 3.21. The summed E-state index contributed by atoms with van der Waals surface area (Å²) in [5, 5.41) is 3.75. The van der Waals surface area contributed by atoms with Crippen LogP contribution in [0.15, 0.2) is 48.5 Å². The van der Waals surface area contributed by atoms with Gasteiger partial charge in [-0.1, -0.05) is 42.3 Å². The van der Waals surface area contributed by atoms with Crippen molar-refractivity contribution in [1.82, 2.24) is 5.32 Å². The molecule has 0 aromatic heterocycles. The highest BCUT2D eigenvalue weighted by molar-refractivity contribution is 6.30. The summed E-state index contributed by atoms with van der Waals surface area (Å²) < 4.78 is 13.1. The van der Waals surface area contributed by atoms with Gasteiger partial charge < -0.3 is 5.32 Å². The minimum Gasteiger partial charge on any atom is -0.355 e. The Morgan fingerprint density at radius 3 is 2.30 bits per heavy atom. The predicted molar refractivity (Wildman–Crippen MR) is 90.1 cm³/mol. The molecule has 120 valence electrons. The lowest BCUT2D eigenvalue weighted by Crippen LogP contribution is -2.49. The Bertz CT molecular complexity index is 678. The van der Waals surface area contributed by atoms with E-state index in [0.29, 0.717) is 11.6 Å². The van der Waals surface area contributed by atoms with Crippen LogP contribution in [-0.2, 0) is 16.6 Å². The summed E-state index contributed by atoms with van der Waals surface area (Å²) in [6.07, 6.45) is 3.45. The van der Waals surface area contributed by atoms with Gasteiger partial charge in [0.15, 0.2) is 0 Å². The Morgan fingerprint density at radius 1 is 1.09 bits per heavy atom. The molecule has 2 nitrogen and oxygen atoms in total. The van der Waals surface area contributed by atoms with Crippen LogP contribution in [0.1, 0.15) is 30.4 Å². The Kier molecular flexibility index (Phi) is 4.67. The third-order valence-electron chi connectivity index (χ3n) is 4.65. The van der Waals surface area contributed by atoms with Crippen molar-refractivity contribution in [3.05, 3.63) is 70.5 Å². The number of halogens is 2. The largest absolute Gasteiger partial charge is 0.355 e. The molecule has 1 aliphatic carbocycles. The summed E-state index contributed by atoms with van der Waals surface area (Å²) in [5.41, 5.74) is 1.57. The van der Waals surface area contributed by atoms with E-state index in [2.05, 4.69) is 5.32 Å². The molecule has 0 heterocycles. The molecule has 4 heteroatoms. The number of rotatable bonds is 5. The van der Waals surface area contributed by atoms with E-state index in [0.717, 1.165) is 36.8 Å². The number of hydrogen-bond acceptors (Lipinski definition) is 1. The fourth-order valence-electron chi connectivity index (χ4n) is 3.09. The minimum atomic E-state index is -0.478. The molecule has 0 bridgehead atoms. The van der Waals surface area contributed by atoms with E-state index in [1.807, 2.05) is 24.3 Å². The Morgan fingerprint density at radius 2 is 1.74 bits per heavy atom. The third-order valence-corrected chi connectivity index (χ3v) is 4.90. The van der Waals surface area contributed by atoms with E-state index in [4.69, 9.17) is 11.6 Å². The lowest BCUT2D eigenvalue weighted by molar-refractivity contribution is -0.129. The molecule has 1 fully saturated rings. The minimum absolute atomic E-state index is 0.0457. The second kappa shape index (κ2) is 6.71. The van der Waals surface area contributed by atoms with E-state index in [9.17, 15) is 9.18 Å². The van der Waals surface area contributed by atoms with Crippen LogP contribution in [0.2, 0.25) is 5.02 Å². The van der Waals surface area contributed by atoms with Gasteiger partial charge >= 0.3 is 0 Å². The van der Waals surface area contributed by atoms with E-state index in [-0.39, 0.29) is 11.7 Å². The molecule has 23 heavy (non-hydrogen) atoms. The summed E-state index contributed by atoms with van der Waals surface area (Å²) >= 11 is 5.86. The molecule has 2 aromatic carbocycles. The maximum Gasteiger partial charge on any atom is 0.230 e. The summed E-state index contributed by atoms with van der Waals surface area (Å²) in [4.78, 5) is 12.7. The van der Waals surface area contributed by atoms with Crippen molar-refractivity contribution in [2.75, 3.05) is 6.54 Å². The molecule has 0 spiro atoms. The molecule has 0 radical (unpaired) electrons. The van der Waals surface area contributed by atoms with Crippen LogP contribution in [-0.4, -0.2) is 12.5 Å². The first-order valence-corrected chi connectivity index (χ1v) is 8.27. The zero-order valence-electron chi connectivity index (χ0n) is 12.8. The predicted octanol–water partition coefficient (Wildman–Crippen LogP) is 4.26. The number of hydrogen-bond donors (Lipinski definition) is 1. The van der Waals surface area contributed by atoms with Crippen LogP contribution in [0.3, 0.4) is 0 Å². The van der Waals surface area contributed by atoms with Crippen LogP contribution < -0.4 is 5.32 Å². The first-order valence-electron chi connectivity index (χ1n) is 7.89. The van der Waals surface area contributed by atoms with Gasteiger partial charge in [-0.05, 0) is 54.7 Å². The highest BCUT2D eigenvalue weighted by Gasteiger charge is 2.45. The van der Waals surface area contributed by atoms with Crippen LogP contribution in [0.4, 0.5) is 4.39 Å². The molecule has 3 rings (SSSR count). The summed E-state index contributed by atoms with van der Waals surface area (Å²) in [6, 6.07) is 13.9. The monoisotopic (exact) mass is 331 g/mol. The van der Waals surface area contributed by atoms with Crippen molar-refractivity contribution < 1.29 is 9.18 Å². The highest BCUT2D eigenvalue weighted by Crippen LogP contribution is 2.43. The van der Waals surface area contributed by atoms with Gasteiger partial charge in [0.2, 0.25) is 5.91 Å². The zero-order valence-corrected chi connectivity index (χ0v) is 13.6. The summed E-state index contributed by atoms with van der Waals surface area (Å²) in [7, 11) is 0. The second-order valence-corrected chi connectivity index (χ2v) is 6.51. The van der Waals surface area contributed by atoms with Crippen molar-refractivity contribution in [1.29, 1.82) is 0 Å². The first-order chi connectivity index (χ1) is 11.1. The van der Waals surface area contributed by atoms with Crippen molar-refractivity contribution in [3.8, 4) is 0 Å². The van der Waals surface area contributed by atoms with Crippen molar-refractivity contribution in [3.63, 3.8) is 0 Å². The van der Waals surface area contributed by atoms with Gasteiger partial charge in [-0.2, -0.15) is 0 Å². The van der Waals surface area contributed by atoms with E-state index in [1.54, 1.807) is 12.1 Å². The van der Waals surface area contributed by atoms with Gasteiger partial charge in [-0.15, -0.1) is 0 Å². The number of amides is 1. The Balaban J connectivity index is 1.62. The lowest BCUT2D eigenvalue weighted by Gasteiger charge is -2.40. The molecular weight excluding hydrogens is 313 g/mol. The second-order valence-electron chi connectivity index (χ2n) is 6.07. The standard InChI is InChI=1S/C19H19ClFNO/c20-16-6-2-14(3-7-16)10-13-22-18(23)19(11-1-12-19)15-4-8-17(21)9-5-15/h2-9H,1,10-13H2,(H,22,23). The van der Waals surface area contributed by atoms with Crippen LogP contribution in [0.5, 0.6) is 0 Å². The van der Waals surface area contributed by atoms with Crippen molar-refractivity contribution in [2.24, 2.45) is 0 Å². The van der Waals surface area contributed by atoms with E-state index >= 15 is 0 Å². The average molecular weight is 332 g/mol. The Labute approximate surface area is 140 Å². The molecule has 2 aromatic rings. The molecule has 0 saturated heterocycles. The van der Waals surface area contributed by atoms with Gasteiger partial charge in [-0.25, -0.2) is 4.39 Å². The molecule has 0 aliphatic heterocycles. The van der Waals surface area contributed by atoms with E-state index in [1.165, 1.54) is 12.1 Å². The normalized spacial score (nSPS) is 15.7. The fraction of sp³-hybridized carbons (Fsp3) is 0.316. The molecule has 1 saturated carbocycles. The average Bonchev–Trinajstić information content (AvgIpc) is 2.50. The molecule has 0 unspecified atom stereocenters. The third kappa shape index (κ3) is 3.40. The topological polar surface area (TPSA) is 29.1 Å². The molecule has 0 atom stereocenters. The maximum atomic E-state index is 13.1. The van der Waals surface area contributed by atoms with E-state index < -0.39 is 5.41 Å². The molecule has 1 N–H and O–H groups in total. The molecule has 1 amide bonds. The lowest BCUT2D eigenvalue weighted by atomic mass is 9.64. The molecule has 1 aliphatic rings. The molecular formula is C19H19ClFNO. The van der Waals surface area contributed by atoms with Crippen LogP contribution in [0, 0.1) is 5.82 Å². The number of carbonyl (C=O) groups is 1. The van der Waals surface area contributed by atoms with Gasteiger partial charge in [0.1, 0.15) is 5.82 Å². The summed E-state index contributed by atoms with van der Waals surface area (Å²) in [6.45, 7) is 0.587. The van der Waals surface area contributed by atoms with Gasteiger partial charge in [0, 0.05) is 11.6 Å². The SMILES string of the molecule is O=C(NCCc1ccc(Cl)cc1)C1(c2ccc(F)cc2)CCC1. The van der Waals surface area contributed by atoms with Gasteiger partial charge in [0.25, 0.3) is 0 Å². The summed E-state index contributed by atoms with van der Waals surface area (Å²) in [5.74, 6) is -0.226. The first kappa shape index (κ1) is 16.0. The number of nitrogens with one attached hydrogen (secondary N) is 1. The van der Waals surface area contributed by atoms with Gasteiger partial charge in [0.05, 0.1) is 5.41 Å². The Hall–Kier alpha value is -1.87. The van der Waals surface area contributed by atoms with Crippen LogP contribution in [0.25, 0.3) is 0 Å². The number of benzene rings is 2. The maximum absolute atomic E-state index is 13.1. The van der Waals surface area contributed by atoms with Crippen molar-refractivity contribution in [2.45, 2.75) is 31.1 Å². The number of carbonyl (C=O) groups excluding carboxylic acids is 1. The van der Waals surface area contributed by atoms with Crippen molar-refractivity contribution >= 4 is 17.5 Å². The highest BCUT2D eigenvalue weighted by atomic mass is 35.5. The smallest absolute Gasteiger partial charge is 0.230 e. The quantitative estimate of drug-likeness (QED) is 0.871. The van der Waals surface area contributed by atoms with Crippen LogP contribution >= 0.6 is 11.6 Å².